The van der Waals surface area contributed by atoms with Gasteiger partial charge in [0.1, 0.15) is 17.5 Å². The Hall–Kier alpha value is -1.89. The van der Waals surface area contributed by atoms with Crippen LogP contribution in [0.3, 0.4) is 0 Å². The van der Waals surface area contributed by atoms with Crippen molar-refractivity contribution in [3.05, 3.63) is 11.9 Å². The Morgan fingerprint density at radius 2 is 2.05 bits per heavy atom. The van der Waals surface area contributed by atoms with Gasteiger partial charge in [0.15, 0.2) is 0 Å². The molecule has 0 radical (unpaired) electrons. The van der Waals surface area contributed by atoms with E-state index in [9.17, 15) is 4.79 Å². The predicted octanol–water partition coefficient (Wildman–Crippen LogP) is 0.672. The van der Waals surface area contributed by atoms with Crippen molar-refractivity contribution in [2.24, 2.45) is 5.84 Å². The largest absolute Gasteiger partial charge is 0.365 e. The molecular formula is C13H20N6O. The van der Waals surface area contributed by atoms with Crippen LogP contribution in [-0.4, -0.2) is 40.4 Å². The van der Waals surface area contributed by atoms with E-state index >= 15 is 0 Å². The van der Waals surface area contributed by atoms with Crippen molar-refractivity contribution in [2.45, 2.75) is 37.6 Å². The van der Waals surface area contributed by atoms with Crippen LogP contribution in [0.5, 0.6) is 0 Å². The molecule has 1 aromatic heterocycles. The molecule has 1 atom stereocenters. The standard InChI is InChI=1S/C13H20N6O/c1-19-7-9(4-5-12(19)20)15-10-6-11(18-14)17-13(16-10)8-2-3-8/h6,8-9H,2-5,7,14H2,1H3,(H2,15,16,17,18). The van der Waals surface area contributed by atoms with Gasteiger partial charge in [0, 0.05) is 38.0 Å². The number of hydrazine groups is 1. The van der Waals surface area contributed by atoms with Gasteiger partial charge in [-0.1, -0.05) is 0 Å². The first-order valence-electron chi connectivity index (χ1n) is 7.02. The van der Waals surface area contributed by atoms with Gasteiger partial charge >= 0.3 is 0 Å². The highest BCUT2D eigenvalue weighted by Gasteiger charge is 2.28. The number of nitrogen functional groups attached to an aromatic ring is 1. The van der Waals surface area contributed by atoms with E-state index in [0.717, 1.165) is 30.9 Å². The topological polar surface area (TPSA) is 96.2 Å². The summed E-state index contributed by atoms with van der Waals surface area (Å²) in [4.78, 5) is 22.2. The van der Waals surface area contributed by atoms with Crippen molar-refractivity contribution < 1.29 is 4.79 Å². The molecule has 4 N–H and O–H groups in total. The number of nitrogens with two attached hydrogens (primary N) is 1. The molecule has 1 unspecified atom stereocenters. The van der Waals surface area contributed by atoms with Crippen LogP contribution in [0.1, 0.15) is 37.4 Å². The summed E-state index contributed by atoms with van der Waals surface area (Å²) in [6.45, 7) is 0.701. The number of hydrogen-bond donors (Lipinski definition) is 3. The van der Waals surface area contributed by atoms with Gasteiger partial charge in [-0.3, -0.25) is 4.79 Å². The third kappa shape index (κ3) is 2.82. The van der Waals surface area contributed by atoms with Gasteiger partial charge in [-0.15, -0.1) is 0 Å². The van der Waals surface area contributed by atoms with E-state index in [-0.39, 0.29) is 11.9 Å². The van der Waals surface area contributed by atoms with Crippen LogP contribution in [-0.2, 0) is 4.79 Å². The summed E-state index contributed by atoms with van der Waals surface area (Å²) in [6.07, 6.45) is 3.70. The first-order chi connectivity index (χ1) is 9.65. The lowest BCUT2D eigenvalue weighted by Crippen LogP contribution is -2.43. The second kappa shape index (κ2) is 5.24. The highest BCUT2D eigenvalue weighted by Crippen LogP contribution is 2.38. The number of carbonyl (C=O) groups is 1. The van der Waals surface area contributed by atoms with Crippen LogP contribution in [0.2, 0.25) is 0 Å². The van der Waals surface area contributed by atoms with E-state index < -0.39 is 0 Å². The minimum absolute atomic E-state index is 0.203. The molecule has 1 saturated heterocycles. The average Bonchev–Trinajstić information content (AvgIpc) is 3.27. The SMILES string of the molecule is CN1CC(Nc2cc(NN)nc(C3CC3)n2)CCC1=O. The molecule has 7 nitrogen and oxygen atoms in total. The van der Waals surface area contributed by atoms with Crippen LogP contribution in [0.15, 0.2) is 6.07 Å². The van der Waals surface area contributed by atoms with Crippen LogP contribution in [0, 0.1) is 0 Å². The molecule has 3 rings (SSSR count). The fraction of sp³-hybridized carbons (Fsp3) is 0.615. The number of piperidine rings is 1. The molecule has 1 saturated carbocycles. The maximum absolute atomic E-state index is 11.5. The smallest absolute Gasteiger partial charge is 0.222 e. The summed E-state index contributed by atoms with van der Waals surface area (Å²) in [5.41, 5.74) is 2.59. The molecule has 108 valence electrons. The van der Waals surface area contributed by atoms with Gasteiger partial charge in [0.25, 0.3) is 0 Å². The maximum Gasteiger partial charge on any atom is 0.222 e. The highest BCUT2D eigenvalue weighted by atomic mass is 16.2. The van der Waals surface area contributed by atoms with E-state index in [1.165, 1.54) is 0 Å². The second-order valence-corrected chi connectivity index (χ2v) is 5.57. The summed E-state index contributed by atoms with van der Waals surface area (Å²) in [7, 11) is 1.83. The van der Waals surface area contributed by atoms with Gasteiger partial charge in [-0.25, -0.2) is 15.8 Å². The van der Waals surface area contributed by atoms with Crippen LogP contribution in [0.4, 0.5) is 11.6 Å². The number of likely N-dealkylation sites (N-methyl/N-ethyl adjacent to an activating group) is 1. The molecule has 2 fully saturated rings. The van der Waals surface area contributed by atoms with E-state index in [2.05, 4.69) is 20.7 Å². The average molecular weight is 276 g/mol. The van der Waals surface area contributed by atoms with E-state index in [0.29, 0.717) is 24.7 Å². The molecule has 0 bridgehead atoms. The number of hydrogen-bond acceptors (Lipinski definition) is 6. The summed E-state index contributed by atoms with van der Waals surface area (Å²) >= 11 is 0. The quantitative estimate of drug-likeness (QED) is 0.552. The zero-order chi connectivity index (χ0) is 14.1. The molecule has 1 aliphatic heterocycles. The van der Waals surface area contributed by atoms with Crippen molar-refractivity contribution in [3.8, 4) is 0 Å². The number of aromatic nitrogens is 2. The molecular weight excluding hydrogens is 256 g/mol. The van der Waals surface area contributed by atoms with Gasteiger partial charge in [0.2, 0.25) is 5.91 Å². The van der Waals surface area contributed by atoms with Crippen LogP contribution < -0.4 is 16.6 Å². The van der Waals surface area contributed by atoms with Crippen LogP contribution >= 0.6 is 0 Å². The maximum atomic E-state index is 11.5. The number of nitrogens with zero attached hydrogens (tertiary/aromatic N) is 3. The summed E-state index contributed by atoms with van der Waals surface area (Å²) in [5, 5.41) is 3.39. The third-order valence-corrected chi connectivity index (χ3v) is 3.81. The molecule has 2 heterocycles. The highest BCUT2D eigenvalue weighted by molar-refractivity contribution is 5.77. The Morgan fingerprint density at radius 3 is 2.70 bits per heavy atom. The zero-order valence-electron chi connectivity index (χ0n) is 11.6. The summed E-state index contributed by atoms with van der Waals surface area (Å²) < 4.78 is 0. The normalized spacial score (nSPS) is 22.8. The fourth-order valence-electron chi connectivity index (χ4n) is 2.48. The van der Waals surface area contributed by atoms with Crippen molar-refractivity contribution in [1.29, 1.82) is 0 Å². The lowest BCUT2D eigenvalue weighted by molar-refractivity contribution is -0.132. The molecule has 2 aliphatic rings. The lowest BCUT2D eigenvalue weighted by atomic mass is 10.1. The Bertz CT molecular complexity index is 516. The minimum atomic E-state index is 0.203. The predicted molar refractivity (Wildman–Crippen MR) is 76.1 cm³/mol. The van der Waals surface area contributed by atoms with Crippen LogP contribution in [0.25, 0.3) is 0 Å². The zero-order valence-corrected chi connectivity index (χ0v) is 11.6. The lowest BCUT2D eigenvalue weighted by Gasteiger charge is -2.30. The number of anilines is 2. The molecule has 1 amide bonds. The van der Waals surface area contributed by atoms with Crippen molar-refractivity contribution >= 4 is 17.5 Å². The van der Waals surface area contributed by atoms with Gasteiger partial charge in [-0.05, 0) is 19.3 Å². The van der Waals surface area contributed by atoms with Gasteiger partial charge < -0.3 is 15.6 Å². The molecule has 1 aromatic rings. The second-order valence-electron chi connectivity index (χ2n) is 5.57. The van der Waals surface area contributed by atoms with Gasteiger partial charge in [0.05, 0.1) is 0 Å². The Balaban J connectivity index is 1.73. The summed E-state index contributed by atoms with van der Waals surface area (Å²) in [5.74, 6) is 8.39. The monoisotopic (exact) mass is 276 g/mol. The van der Waals surface area contributed by atoms with Crippen molar-refractivity contribution in [2.75, 3.05) is 24.3 Å². The Kier molecular flexibility index (Phi) is 3.43. The van der Waals surface area contributed by atoms with E-state index in [4.69, 9.17) is 5.84 Å². The van der Waals surface area contributed by atoms with Crippen molar-refractivity contribution in [1.82, 2.24) is 14.9 Å². The molecule has 0 spiro atoms. The third-order valence-electron chi connectivity index (χ3n) is 3.81. The molecule has 1 aliphatic carbocycles. The fourth-order valence-corrected chi connectivity index (χ4v) is 2.48. The van der Waals surface area contributed by atoms with E-state index in [1.807, 2.05) is 13.1 Å². The number of nitrogens with one attached hydrogen (secondary N) is 2. The number of amides is 1. The van der Waals surface area contributed by atoms with Gasteiger partial charge in [-0.2, -0.15) is 0 Å². The Morgan fingerprint density at radius 1 is 1.30 bits per heavy atom. The summed E-state index contributed by atoms with van der Waals surface area (Å²) in [6, 6.07) is 2.03. The number of likely N-dealkylation sites (tertiary alicyclic amines) is 1. The molecule has 7 heteroatoms. The minimum Gasteiger partial charge on any atom is -0.365 e. The Labute approximate surface area is 117 Å². The van der Waals surface area contributed by atoms with Crippen molar-refractivity contribution in [3.63, 3.8) is 0 Å². The molecule has 20 heavy (non-hydrogen) atoms. The number of carbonyl (C=O) groups excluding carboxylic acids is 1. The first-order valence-corrected chi connectivity index (χ1v) is 7.02. The molecule has 0 aromatic carbocycles. The first kappa shape index (κ1) is 13.1. The van der Waals surface area contributed by atoms with E-state index in [1.54, 1.807) is 4.90 Å². The number of rotatable bonds is 4.